The summed E-state index contributed by atoms with van der Waals surface area (Å²) < 4.78 is 5.65. The van der Waals surface area contributed by atoms with Gasteiger partial charge in [-0.3, -0.25) is 4.79 Å². The molecule has 0 aliphatic carbocycles. The van der Waals surface area contributed by atoms with Crippen LogP contribution in [0.25, 0.3) is 11.1 Å². The van der Waals surface area contributed by atoms with Gasteiger partial charge in [0, 0.05) is 5.56 Å². The molecular weight excluding hydrogens is 328 g/mol. The van der Waals surface area contributed by atoms with E-state index in [0.717, 1.165) is 11.1 Å². The third-order valence-electron chi connectivity index (χ3n) is 3.60. The molecule has 0 spiro atoms. The number of hydrazone groups is 1. The van der Waals surface area contributed by atoms with Crippen molar-refractivity contribution >= 4 is 12.1 Å². The molecule has 0 aliphatic heterocycles. The van der Waals surface area contributed by atoms with E-state index in [1.54, 1.807) is 24.3 Å². The van der Waals surface area contributed by atoms with Crippen LogP contribution in [0.4, 0.5) is 0 Å². The van der Waals surface area contributed by atoms with Crippen LogP contribution in [0.5, 0.6) is 11.5 Å². The third-order valence-corrected chi connectivity index (χ3v) is 3.60. The van der Waals surface area contributed by atoms with Gasteiger partial charge < -0.3 is 9.84 Å². The fraction of sp³-hybridized carbons (Fsp3) is 0.0476. The van der Waals surface area contributed by atoms with E-state index in [2.05, 4.69) is 10.5 Å². The average molecular weight is 346 g/mol. The zero-order valence-electron chi connectivity index (χ0n) is 14.0. The molecule has 0 radical (unpaired) electrons. The van der Waals surface area contributed by atoms with Crippen LogP contribution in [0.1, 0.15) is 5.56 Å². The second-order valence-corrected chi connectivity index (χ2v) is 5.54. The third kappa shape index (κ3) is 4.70. The fourth-order valence-electron chi connectivity index (χ4n) is 2.41. The maximum Gasteiger partial charge on any atom is 0.277 e. The summed E-state index contributed by atoms with van der Waals surface area (Å²) >= 11 is 0. The normalized spacial score (nSPS) is 10.6. The molecule has 130 valence electrons. The SMILES string of the molecule is O=C(COc1ccccc1-c1ccccc1)N/N=C/c1cccc(O)c1. The van der Waals surface area contributed by atoms with Crippen LogP contribution in [0, 0.1) is 0 Å². The van der Waals surface area contributed by atoms with Gasteiger partial charge in [0.1, 0.15) is 11.5 Å². The van der Waals surface area contributed by atoms with Crippen molar-refractivity contribution in [3.63, 3.8) is 0 Å². The van der Waals surface area contributed by atoms with Gasteiger partial charge in [0.2, 0.25) is 0 Å². The summed E-state index contributed by atoms with van der Waals surface area (Å²) in [7, 11) is 0. The highest BCUT2D eigenvalue weighted by atomic mass is 16.5. The van der Waals surface area contributed by atoms with Gasteiger partial charge in [-0.2, -0.15) is 5.10 Å². The molecule has 3 rings (SSSR count). The monoisotopic (exact) mass is 346 g/mol. The molecular formula is C21H18N2O3. The summed E-state index contributed by atoms with van der Waals surface area (Å²) in [5.74, 6) is 0.399. The number of aromatic hydroxyl groups is 1. The van der Waals surface area contributed by atoms with E-state index in [1.165, 1.54) is 6.21 Å². The number of phenols is 1. The number of carbonyl (C=O) groups excluding carboxylic acids is 1. The van der Waals surface area contributed by atoms with Crippen molar-refractivity contribution in [3.05, 3.63) is 84.4 Å². The maximum absolute atomic E-state index is 11.9. The average Bonchev–Trinajstić information content (AvgIpc) is 2.67. The van der Waals surface area contributed by atoms with Crippen molar-refractivity contribution in [2.45, 2.75) is 0 Å². The molecule has 3 aromatic rings. The highest BCUT2D eigenvalue weighted by Crippen LogP contribution is 2.29. The number of amides is 1. The van der Waals surface area contributed by atoms with E-state index in [1.807, 2.05) is 54.6 Å². The highest BCUT2D eigenvalue weighted by molar-refractivity contribution is 5.83. The molecule has 0 aromatic heterocycles. The van der Waals surface area contributed by atoms with Crippen LogP contribution in [0.2, 0.25) is 0 Å². The lowest BCUT2D eigenvalue weighted by atomic mass is 10.1. The Balaban J connectivity index is 1.58. The van der Waals surface area contributed by atoms with Gasteiger partial charge in [0.05, 0.1) is 6.21 Å². The second kappa shape index (κ2) is 8.48. The molecule has 5 nitrogen and oxygen atoms in total. The van der Waals surface area contributed by atoms with Crippen molar-refractivity contribution in [1.29, 1.82) is 0 Å². The van der Waals surface area contributed by atoms with E-state index in [-0.39, 0.29) is 18.3 Å². The van der Waals surface area contributed by atoms with Gasteiger partial charge in [0.25, 0.3) is 5.91 Å². The van der Waals surface area contributed by atoms with Crippen LogP contribution in [0.15, 0.2) is 84.0 Å². The van der Waals surface area contributed by atoms with E-state index < -0.39 is 0 Å². The molecule has 0 bridgehead atoms. The number of carbonyl (C=O) groups is 1. The largest absolute Gasteiger partial charge is 0.508 e. The number of nitrogens with one attached hydrogen (secondary N) is 1. The molecule has 0 fully saturated rings. The number of hydrogen-bond acceptors (Lipinski definition) is 4. The summed E-state index contributed by atoms with van der Waals surface area (Å²) in [5.41, 5.74) is 5.02. The van der Waals surface area contributed by atoms with Crippen LogP contribution < -0.4 is 10.2 Å². The van der Waals surface area contributed by atoms with Crippen molar-refractivity contribution in [2.24, 2.45) is 5.10 Å². The standard InChI is InChI=1S/C21H18N2O3/c24-18-10-6-7-16(13-18)14-22-23-21(25)15-26-20-12-5-4-11-19(20)17-8-2-1-3-9-17/h1-14,24H,15H2,(H,23,25)/b22-14+. The van der Waals surface area contributed by atoms with Crippen LogP contribution in [0.3, 0.4) is 0 Å². The quantitative estimate of drug-likeness (QED) is 0.529. The van der Waals surface area contributed by atoms with Crippen LogP contribution in [-0.4, -0.2) is 23.8 Å². The lowest BCUT2D eigenvalue weighted by Crippen LogP contribution is -2.24. The Hall–Kier alpha value is -3.60. The molecule has 2 N–H and O–H groups in total. The Morgan fingerprint density at radius 3 is 2.58 bits per heavy atom. The molecule has 0 saturated heterocycles. The van der Waals surface area contributed by atoms with Crippen molar-refractivity contribution in [3.8, 4) is 22.6 Å². The molecule has 3 aromatic carbocycles. The molecule has 0 saturated carbocycles. The number of para-hydroxylation sites is 1. The number of phenolic OH excluding ortho intramolecular Hbond substituents is 1. The first-order valence-electron chi connectivity index (χ1n) is 8.10. The molecule has 0 aliphatic rings. The van der Waals surface area contributed by atoms with E-state index >= 15 is 0 Å². The molecule has 5 heteroatoms. The lowest BCUT2D eigenvalue weighted by Gasteiger charge is -2.10. The second-order valence-electron chi connectivity index (χ2n) is 5.54. The smallest absolute Gasteiger partial charge is 0.277 e. The first-order valence-corrected chi connectivity index (χ1v) is 8.10. The number of benzene rings is 3. The Kier molecular flexibility index (Phi) is 5.62. The molecule has 0 atom stereocenters. The van der Waals surface area contributed by atoms with Crippen molar-refractivity contribution in [2.75, 3.05) is 6.61 Å². The topological polar surface area (TPSA) is 70.9 Å². The Labute approximate surface area is 151 Å². The van der Waals surface area contributed by atoms with E-state index in [4.69, 9.17) is 4.74 Å². The van der Waals surface area contributed by atoms with Gasteiger partial charge in [-0.1, -0.05) is 60.7 Å². The molecule has 0 unspecified atom stereocenters. The van der Waals surface area contributed by atoms with E-state index in [9.17, 15) is 9.90 Å². The molecule has 1 amide bonds. The van der Waals surface area contributed by atoms with Crippen LogP contribution >= 0.6 is 0 Å². The van der Waals surface area contributed by atoms with Crippen molar-refractivity contribution in [1.82, 2.24) is 5.43 Å². The summed E-state index contributed by atoms with van der Waals surface area (Å²) in [6, 6.07) is 24.0. The Bertz CT molecular complexity index is 908. The van der Waals surface area contributed by atoms with Gasteiger partial charge in [-0.15, -0.1) is 0 Å². The van der Waals surface area contributed by atoms with E-state index in [0.29, 0.717) is 11.3 Å². The van der Waals surface area contributed by atoms with Gasteiger partial charge in [-0.25, -0.2) is 5.43 Å². The number of hydrogen-bond donors (Lipinski definition) is 2. The summed E-state index contributed by atoms with van der Waals surface area (Å²) in [4.78, 5) is 11.9. The minimum Gasteiger partial charge on any atom is -0.508 e. The first kappa shape index (κ1) is 17.2. The Morgan fingerprint density at radius 2 is 1.77 bits per heavy atom. The number of ether oxygens (including phenoxy) is 1. The minimum absolute atomic E-state index is 0.140. The van der Waals surface area contributed by atoms with Gasteiger partial charge in [0.15, 0.2) is 6.61 Å². The molecule has 26 heavy (non-hydrogen) atoms. The predicted molar refractivity (Wildman–Crippen MR) is 101 cm³/mol. The highest BCUT2D eigenvalue weighted by Gasteiger charge is 2.07. The van der Waals surface area contributed by atoms with Crippen molar-refractivity contribution < 1.29 is 14.6 Å². The van der Waals surface area contributed by atoms with Gasteiger partial charge in [-0.05, 0) is 29.3 Å². The first-order chi connectivity index (χ1) is 12.7. The fourth-order valence-corrected chi connectivity index (χ4v) is 2.41. The summed E-state index contributed by atoms with van der Waals surface area (Å²) in [6.45, 7) is -0.152. The van der Waals surface area contributed by atoms with Crippen LogP contribution in [-0.2, 0) is 4.79 Å². The zero-order chi connectivity index (χ0) is 18.2. The summed E-state index contributed by atoms with van der Waals surface area (Å²) in [5, 5.41) is 13.2. The predicted octanol–water partition coefficient (Wildman–Crippen LogP) is 3.59. The Morgan fingerprint density at radius 1 is 1.00 bits per heavy atom. The number of nitrogens with zero attached hydrogens (tertiary/aromatic N) is 1. The number of rotatable bonds is 6. The summed E-state index contributed by atoms with van der Waals surface area (Å²) in [6.07, 6.45) is 1.45. The van der Waals surface area contributed by atoms with Gasteiger partial charge >= 0.3 is 0 Å². The zero-order valence-corrected chi connectivity index (χ0v) is 14.0. The lowest BCUT2D eigenvalue weighted by molar-refractivity contribution is -0.123. The molecule has 0 heterocycles. The maximum atomic E-state index is 11.9. The minimum atomic E-state index is -0.371.